The van der Waals surface area contributed by atoms with Crippen LogP contribution in [0.4, 0.5) is 4.39 Å². The molecule has 4 heterocycles. The van der Waals surface area contributed by atoms with E-state index in [1.54, 1.807) is 0 Å². The molecule has 9 heteroatoms. The fourth-order valence-electron chi connectivity index (χ4n) is 13.9. The van der Waals surface area contributed by atoms with Gasteiger partial charge in [-0.25, -0.2) is 4.39 Å². The number of likely N-dealkylation sites (tertiary alicyclic amines) is 1. The lowest BCUT2D eigenvalue weighted by Crippen LogP contribution is -2.56. The van der Waals surface area contributed by atoms with Gasteiger partial charge in [-0.2, -0.15) is 0 Å². The van der Waals surface area contributed by atoms with E-state index in [1.807, 2.05) is 4.90 Å². The number of piperazine rings is 1. The van der Waals surface area contributed by atoms with Crippen LogP contribution in [0, 0.1) is 52.3 Å². The van der Waals surface area contributed by atoms with Crippen LogP contribution < -0.4 is 5.32 Å². The molecule has 4 aliphatic heterocycles. The molecular weight excluding hydrogens is 631 g/mol. The smallest absolute Gasteiger partial charge is 0.232 e. The summed E-state index contributed by atoms with van der Waals surface area (Å²) in [6.45, 7) is 16.4. The Morgan fingerprint density at radius 1 is 0.840 bits per heavy atom. The number of halogens is 1. The molecule has 1 unspecified atom stereocenters. The van der Waals surface area contributed by atoms with E-state index in [9.17, 15) is 14.0 Å². The molecule has 0 bridgehead atoms. The average Bonchev–Trinajstić information content (AvgIpc) is 3.56. The van der Waals surface area contributed by atoms with Gasteiger partial charge in [-0.3, -0.25) is 19.4 Å². The number of carbonyl (C=O) groups is 2. The maximum atomic E-state index is 13.2. The summed E-state index contributed by atoms with van der Waals surface area (Å²) in [5, 5.41) is 3.34. The molecule has 8 fully saturated rings. The van der Waals surface area contributed by atoms with Crippen LogP contribution >= 0.6 is 0 Å². The lowest BCUT2D eigenvalue weighted by Gasteiger charge is -2.61. The number of amides is 2. The van der Waals surface area contributed by atoms with Gasteiger partial charge in [0.05, 0.1) is 12.7 Å². The molecule has 2 amide bonds. The zero-order chi connectivity index (χ0) is 34.8. The molecule has 8 rings (SSSR count). The summed E-state index contributed by atoms with van der Waals surface area (Å²) in [4.78, 5) is 33.0. The van der Waals surface area contributed by atoms with Crippen LogP contribution in [0.2, 0.25) is 0 Å². The summed E-state index contributed by atoms with van der Waals surface area (Å²) in [6, 6.07) is 0.678. The number of rotatable bonds is 6. The van der Waals surface area contributed by atoms with Gasteiger partial charge in [0.2, 0.25) is 11.8 Å². The van der Waals surface area contributed by atoms with E-state index in [2.05, 4.69) is 42.8 Å². The predicted molar refractivity (Wildman–Crippen MR) is 192 cm³/mol. The van der Waals surface area contributed by atoms with E-state index in [4.69, 9.17) is 9.47 Å². The van der Waals surface area contributed by atoms with Crippen molar-refractivity contribution in [2.24, 2.45) is 52.3 Å². The van der Waals surface area contributed by atoms with E-state index < -0.39 is 0 Å². The van der Waals surface area contributed by atoms with Crippen molar-refractivity contribution >= 4 is 11.8 Å². The molecule has 4 saturated carbocycles. The molecule has 4 saturated heterocycles. The summed E-state index contributed by atoms with van der Waals surface area (Å²) < 4.78 is 26.3. The lowest BCUT2D eigenvalue weighted by atomic mass is 9.44. The number of nitrogens with one attached hydrogen (secondary N) is 1. The molecule has 8 nitrogen and oxygen atoms in total. The molecule has 282 valence electrons. The highest BCUT2D eigenvalue weighted by Gasteiger charge is 2.69. The number of ether oxygens (including phenoxy) is 2. The third-order valence-electron chi connectivity index (χ3n) is 16.8. The minimum atomic E-state index is -0.338. The topological polar surface area (TPSA) is 74.3 Å². The first-order chi connectivity index (χ1) is 24.0. The molecule has 1 N–H and O–H groups in total. The summed E-state index contributed by atoms with van der Waals surface area (Å²) in [5.74, 6) is 4.25. The number of fused-ring (bicyclic) bond motifs is 7. The molecule has 0 aromatic rings. The quantitative estimate of drug-likeness (QED) is 0.349. The third-order valence-corrected chi connectivity index (χ3v) is 16.8. The van der Waals surface area contributed by atoms with Crippen molar-refractivity contribution in [3.8, 4) is 0 Å². The maximum Gasteiger partial charge on any atom is 0.232 e. The minimum absolute atomic E-state index is 0.0183. The Kier molecular flexibility index (Phi) is 9.89. The van der Waals surface area contributed by atoms with Gasteiger partial charge in [-0.05, 0) is 117 Å². The standard InChI is InChI=1S/C41H67FN4O4/c1-27-7-14-41(49-26-27)28(2)38-35(50-41)24-34-32-6-5-29-23-30(8-12-39(29,3)33(32)9-13-40(34,38)4)43-36(47)25-37(48)46-16-10-31(11-17-46)45-21-19-44(18-15-42)20-22-45/h27-35,38H,5-26H2,1-4H3,(H,43,47)/t27-,28+,29-,30-,32-,33?,34+,35+,38+,39+,40+,41-/m1/s1. The number of nitrogens with zero attached hydrogens (tertiary/aromatic N) is 3. The summed E-state index contributed by atoms with van der Waals surface area (Å²) in [6.07, 6.45) is 14.3. The van der Waals surface area contributed by atoms with Crippen molar-refractivity contribution in [3.63, 3.8) is 0 Å². The molecule has 0 aromatic heterocycles. The van der Waals surface area contributed by atoms with Crippen molar-refractivity contribution < 1.29 is 23.5 Å². The molecule has 1 spiro atoms. The van der Waals surface area contributed by atoms with E-state index in [1.165, 1.54) is 44.9 Å². The fourth-order valence-corrected chi connectivity index (χ4v) is 13.9. The van der Waals surface area contributed by atoms with Crippen LogP contribution in [0.3, 0.4) is 0 Å². The molecular formula is C41H67FN4O4. The minimum Gasteiger partial charge on any atom is -0.353 e. The van der Waals surface area contributed by atoms with E-state index in [0.717, 1.165) is 95.7 Å². The van der Waals surface area contributed by atoms with Crippen molar-refractivity contribution in [2.75, 3.05) is 59.1 Å². The van der Waals surface area contributed by atoms with Gasteiger partial charge < -0.3 is 19.7 Å². The monoisotopic (exact) mass is 699 g/mol. The molecule has 0 radical (unpaired) electrons. The molecule has 50 heavy (non-hydrogen) atoms. The van der Waals surface area contributed by atoms with Crippen LogP contribution in [0.25, 0.3) is 0 Å². The van der Waals surface area contributed by atoms with E-state index in [0.29, 0.717) is 53.2 Å². The third kappa shape index (κ3) is 6.18. The molecule has 4 aliphatic carbocycles. The van der Waals surface area contributed by atoms with Gasteiger partial charge in [-0.1, -0.05) is 27.7 Å². The Morgan fingerprint density at radius 3 is 2.32 bits per heavy atom. The molecule has 12 atom stereocenters. The Morgan fingerprint density at radius 2 is 1.60 bits per heavy atom. The summed E-state index contributed by atoms with van der Waals surface area (Å²) >= 11 is 0. The van der Waals surface area contributed by atoms with Crippen molar-refractivity contribution in [3.05, 3.63) is 0 Å². The summed E-state index contributed by atoms with van der Waals surface area (Å²) in [7, 11) is 0. The Bertz CT molecular complexity index is 1240. The van der Waals surface area contributed by atoms with Gasteiger partial charge >= 0.3 is 0 Å². The zero-order valence-corrected chi connectivity index (χ0v) is 31.7. The SMILES string of the molecule is C[C@@H]1CC[C@@]2(OC1)O[C@H]1C[C@H]3[C@@H]4CC[C@@H]5C[C@H](NC(=O)CC(=O)N6CCC(N7CCN(CCF)CC7)CC6)CC[C@]5(C)C4CC[C@]3(C)[C@H]1[C@@H]2C. The molecule has 0 aromatic carbocycles. The first-order valence-corrected chi connectivity index (χ1v) is 20.9. The predicted octanol–water partition coefficient (Wildman–Crippen LogP) is 5.89. The molecule has 8 aliphatic rings. The maximum absolute atomic E-state index is 13.2. The average molecular weight is 699 g/mol. The summed E-state index contributed by atoms with van der Waals surface area (Å²) in [5.41, 5.74) is 0.698. The van der Waals surface area contributed by atoms with Crippen molar-refractivity contribution in [1.82, 2.24) is 20.0 Å². The highest BCUT2D eigenvalue weighted by Crippen LogP contribution is 2.71. The number of alkyl halides is 1. The number of hydrogen-bond donors (Lipinski definition) is 1. The van der Waals surface area contributed by atoms with Crippen LogP contribution in [-0.4, -0.2) is 110 Å². The van der Waals surface area contributed by atoms with Gasteiger partial charge in [0.25, 0.3) is 0 Å². The van der Waals surface area contributed by atoms with Gasteiger partial charge in [-0.15, -0.1) is 0 Å². The van der Waals surface area contributed by atoms with Crippen LogP contribution in [-0.2, 0) is 19.1 Å². The largest absolute Gasteiger partial charge is 0.353 e. The van der Waals surface area contributed by atoms with Gasteiger partial charge in [0, 0.05) is 70.2 Å². The Labute approximate surface area is 301 Å². The fraction of sp³-hybridized carbons (Fsp3) is 0.951. The first kappa shape index (κ1) is 35.7. The number of piperidine rings is 1. The van der Waals surface area contributed by atoms with Gasteiger partial charge in [0.1, 0.15) is 13.1 Å². The van der Waals surface area contributed by atoms with Crippen molar-refractivity contribution in [2.45, 2.75) is 135 Å². The van der Waals surface area contributed by atoms with Crippen molar-refractivity contribution in [1.29, 1.82) is 0 Å². The second-order valence-corrected chi connectivity index (χ2v) is 19.1. The van der Waals surface area contributed by atoms with E-state index in [-0.39, 0.29) is 36.7 Å². The number of hydrogen-bond acceptors (Lipinski definition) is 6. The lowest BCUT2D eigenvalue weighted by molar-refractivity contribution is -0.273. The zero-order valence-electron chi connectivity index (χ0n) is 31.7. The normalized spacial score (nSPS) is 47.0. The number of carbonyl (C=O) groups excluding carboxylic acids is 2. The highest BCUT2D eigenvalue weighted by atomic mass is 19.1. The second kappa shape index (κ2) is 13.8. The van der Waals surface area contributed by atoms with Gasteiger partial charge in [0.15, 0.2) is 5.79 Å². The Hall–Kier alpha value is -1.29. The van der Waals surface area contributed by atoms with E-state index >= 15 is 0 Å². The first-order valence-electron chi connectivity index (χ1n) is 20.9. The highest BCUT2D eigenvalue weighted by molar-refractivity contribution is 5.97. The van der Waals surface area contributed by atoms with Crippen LogP contribution in [0.5, 0.6) is 0 Å². The second-order valence-electron chi connectivity index (χ2n) is 19.1. The Balaban J connectivity index is 0.812. The van der Waals surface area contributed by atoms with Crippen LogP contribution in [0.15, 0.2) is 0 Å². The van der Waals surface area contributed by atoms with Crippen LogP contribution in [0.1, 0.15) is 111 Å².